The molecule has 0 fully saturated rings. The number of ether oxygens (including phenoxy) is 1. The van der Waals surface area contributed by atoms with Gasteiger partial charge in [-0.1, -0.05) is 30.4 Å². The highest BCUT2D eigenvalue weighted by atomic mass is 32.1. The lowest BCUT2D eigenvalue weighted by Crippen LogP contribution is -2.13. The van der Waals surface area contributed by atoms with E-state index in [9.17, 15) is 0 Å². The molecule has 22 heavy (non-hydrogen) atoms. The molecule has 0 amide bonds. The zero-order valence-corrected chi connectivity index (χ0v) is 13.4. The number of hydrogen-bond donors (Lipinski definition) is 1. The molecular weight excluding hydrogens is 294 g/mol. The van der Waals surface area contributed by atoms with Crippen LogP contribution < -0.4 is 10.5 Å². The third-order valence-corrected chi connectivity index (χ3v) is 3.69. The molecule has 0 spiro atoms. The number of benzene rings is 1. The fourth-order valence-electron chi connectivity index (χ4n) is 2.54. The normalized spacial score (nSPS) is 10.8. The molecule has 1 aromatic carbocycles. The maximum absolute atomic E-state index is 5.78. The molecule has 0 atom stereocenters. The third-order valence-electron chi connectivity index (χ3n) is 3.55. The van der Waals surface area contributed by atoms with Gasteiger partial charge in [-0.15, -0.1) is 0 Å². The summed E-state index contributed by atoms with van der Waals surface area (Å²) in [7, 11) is 1.65. The van der Waals surface area contributed by atoms with Crippen molar-refractivity contribution in [2.45, 2.75) is 13.3 Å². The summed E-state index contributed by atoms with van der Waals surface area (Å²) in [5.74, 6) is 0.798. The van der Waals surface area contributed by atoms with Crippen LogP contribution >= 0.6 is 12.2 Å². The molecule has 2 aromatic heterocycles. The lowest BCUT2D eigenvalue weighted by atomic mass is 10.1. The number of hydrogen-bond acceptors (Lipinski definition) is 3. The van der Waals surface area contributed by atoms with Crippen LogP contribution in [0.15, 0.2) is 42.6 Å². The van der Waals surface area contributed by atoms with Crippen molar-refractivity contribution in [3.8, 4) is 17.0 Å². The molecule has 0 saturated heterocycles. The number of nitrogens with two attached hydrogens (primary N) is 1. The number of aromatic nitrogens is 2. The van der Waals surface area contributed by atoms with Crippen LogP contribution in [-0.4, -0.2) is 21.5 Å². The number of methoxy groups -OCH3 is 1. The van der Waals surface area contributed by atoms with Gasteiger partial charge in [0.25, 0.3) is 0 Å². The molecule has 3 rings (SSSR count). The van der Waals surface area contributed by atoms with Crippen molar-refractivity contribution >= 4 is 22.9 Å². The SMILES string of the molecule is COc1cccc(-c2nc3ccc(C)cn3c2CC(N)=S)c1. The van der Waals surface area contributed by atoms with E-state index < -0.39 is 0 Å². The second-order valence-electron chi connectivity index (χ2n) is 5.22. The number of rotatable bonds is 4. The minimum Gasteiger partial charge on any atom is -0.497 e. The lowest BCUT2D eigenvalue weighted by molar-refractivity contribution is 0.415. The molecule has 0 radical (unpaired) electrons. The highest BCUT2D eigenvalue weighted by Gasteiger charge is 2.15. The van der Waals surface area contributed by atoms with Crippen LogP contribution in [0, 0.1) is 6.92 Å². The van der Waals surface area contributed by atoms with E-state index in [0.717, 1.165) is 33.9 Å². The van der Waals surface area contributed by atoms with Crippen molar-refractivity contribution in [1.82, 2.24) is 9.38 Å². The molecule has 4 nitrogen and oxygen atoms in total. The predicted molar refractivity (Wildman–Crippen MR) is 92.4 cm³/mol. The molecule has 0 aliphatic carbocycles. The Hall–Kier alpha value is -2.40. The van der Waals surface area contributed by atoms with E-state index in [0.29, 0.717) is 11.4 Å². The number of nitrogens with zero attached hydrogens (tertiary/aromatic N) is 2. The molecule has 0 aliphatic rings. The second-order valence-corrected chi connectivity index (χ2v) is 5.74. The van der Waals surface area contributed by atoms with Gasteiger partial charge in [0, 0.05) is 18.2 Å². The summed E-state index contributed by atoms with van der Waals surface area (Å²) in [6.07, 6.45) is 2.56. The molecule has 2 N–H and O–H groups in total. The number of thiocarbonyl (C=S) groups is 1. The first-order chi connectivity index (χ1) is 10.6. The van der Waals surface area contributed by atoms with Crippen molar-refractivity contribution in [3.05, 3.63) is 53.9 Å². The second kappa shape index (κ2) is 5.77. The summed E-state index contributed by atoms with van der Waals surface area (Å²) < 4.78 is 7.36. The van der Waals surface area contributed by atoms with Gasteiger partial charge in [0.1, 0.15) is 11.4 Å². The molecule has 5 heteroatoms. The van der Waals surface area contributed by atoms with E-state index in [1.165, 1.54) is 0 Å². The molecular formula is C17H17N3OS. The first-order valence-electron chi connectivity index (χ1n) is 6.99. The molecule has 0 aliphatic heterocycles. The Labute approximate surface area is 134 Å². The molecule has 2 heterocycles. The Balaban J connectivity index is 2.25. The molecule has 0 bridgehead atoms. The minimum atomic E-state index is 0.451. The van der Waals surface area contributed by atoms with Crippen LogP contribution in [0.3, 0.4) is 0 Å². The van der Waals surface area contributed by atoms with Gasteiger partial charge >= 0.3 is 0 Å². The summed E-state index contributed by atoms with van der Waals surface area (Å²) in [5, 5.41) is 0. The van der Waals surface area contributed by atoms with E-state index in [1.807, 2.05) is 36.4 Å². The zero-order valence-electron chi connectivity index (χ0n) is 12.5. The first-order valence-corrected chi connectivity index (χ1v) is 7.39. The van der Waals surface area contributed by atoms with Gasteiger partial charge in [0.2, 0.25) is 0 Å². The Morgan fingerprint density at radius 1 is 1.32 bits per heavy atom. The van der Waals surface area contributed by atoms with Gasteiger partial charge < -0.3 is 14.9 Å². The number of imidazole rings is 1. The Kier molecular flexibility index (Phi) is 3.81. The van der Waals surface area contributed by atoms with Crippen molar-refractivity contribution in [2.24, 2.45) is 5.73 Å². The van der Waals surface area contributed by atoms with Crippen LogP contribution in [-0.2, 0) is 6.42 Å². The van der Waals surface area contributed by atoms with Crippen molar-refractivity contribution in [3.63, 3.8) is 0 Å². The fourth-order valence-corrected chi connectivity index (χ4v) is 2.67. The first kappa shape index (κ1) is 14.5. The van der Waals surface area contributed by atoms with Gasteiger partial charge in [-0.05, 0) is 30.7 Å². The fraction of sp³-hybridized carbons (Fsp3) is 0.176. The Morgan fingerprint density at radius 3 is 2.86 bits per heavy atom. The zero-order chi connectivity index (χ0) is 15.7. The highest BCUT2D eigenvalue weighted by Crippen LogP contribution is 2.28. The van der Waals surface area contributed by atoms with Crippen LogP contribution in [0.25, 0.3) is 16.9 Å². The van der Waals surface area contributed by atoms with Gasteiger partial charge in [0.05, 0.1) is 23.5 Å². The van der Waals surface area contributed by atoms with Gasteiger partial charge in [-0.2, -0.15) is 0 Å². The number of fused-ring (bicyclic) bond motifs is 1. The topological polar surface area (TPSA) is 52.5 Å². The summed E-state index contributed by atoms with van der Waals surface area (Å²) in [5.41, 5.74) is 10.7. The van der Waals surface area contributed by atoms with Gasteiger partial charge in [-0.3, -0.25) is 0 Å². The average Bonchev–Trinajstić information content (AvgIpc) is 2.85. The molecule has 112 valence electrons. The van der Waals surface area contributed by atoms with E-state index in [2.05, 4.69) is 17.5 Å². The van der Waals surface area contributed by atoms with E-state index >= 15 is 0 Å². The number of pyridine rings is 1. The Morgan fingerprint density at radius 2 is 2.14 bits per heavy atom. The quantitative estimate of drug-likeness (QED) is 0.752. The maximum atomic E-state index is 5.78. The van der Waals surface area contributed by atoms with Crippen molar-refractivity contribution < 1.29 is 4.74 Å². The van der Waals surface area contributed by atoms with Crippen LogP contribution in [0.4, 0.5) is 0 Å². The minimum absolute atomic E-state index is 0.451. The smallest absolute Gasteiger partial charge is 0.137 e. The summed E-state index contributed by atoms with van der Waals surface area (Å²) in [4.78, 5) is 5.20. The summed E-state index contributed by atoms with van der Waals surface area (Å²) in [6.45, 7) is 2.05. The van der Waals surface area contributed by atoms with Crippen LogP contribution in [0.1, 0.15) is 11.3 Å². The standard InChI is InChI=1S/C17H17N3OS/c1-11-6-7-16-19-17(12-4-3-5-13(8-12)21-2)14(9-15(18)22)20(16)10-11/h3-8,10H,9H2,1-2H3,(H2,18,22). The average molecular weight is 311 g/mol. The van der Waals surface area contributed by atoms with Crippen LogP contribution in [0.2, 0.25) is 0 Å². The lowest BCUT2D eigenvalue weighted by Gasteiger charge is -2.06. The molecule has 0 unspecified atom stereocenters. The Bertz CT molecular complexity index is 854. The maximum Gasteiger partial charge on any atom is 0.137 e. The summed E-state index contributed by atoms with van der Waals surface area (Å²) in [6, 6.07) is 11.9. The molecule has 3 aromatic rings. The van der Waals surface area contributed by atoms with Gasteiger partial charge in [-0.25, -0.2) is 4.98 Å². The van der Waals surface area contributed by atoms with Crippen molar-refractivity contribution in [1.29, 1.82) is 0 Å². The van der Waals surface area contributed by atoms with Crippen molar-refractivity contribution in [2.75, 3.05) is 7.11 Å². The predicted octanol–water partition coefficient (Wildman–Crippen LogP) is 3.15. The van der Waals surface area contributed by atoms with E-state index in [1.54, 1.807) is 7.11 Å². The largest absolute Gasteiger partial charge is 0.497 e. The highest BCUT2D eigenvalue weighted by molar-refractivity contribution is 7.80. The summed E-state index contributed by atoms with van der Waals surface area (Å²) >= 11 is 5.11. The van der Waals surface area contributed by atoms with E-state index in [4.69, 9.17) is 27.7 Å². The van der Waals surface area contributed by atoms with Gasteiger partial charge in [0.15, 0.2) is 0 Å². The van der Waals surface area contributed by atoms with Crippen LogP contribution in [0.5, 0.6) is 5.75 Å². The monoisotopic (exact) mass is 311 g/mol. The van der Waals surface area contributed by atoms with E-state index in [-0.39, 0.29) is 0 Å². The number of aryl methyl sites for hydroxylation is 1. The molecule has 0 saturated carbocycles. The third kappa shape index (κ3) is 2.67.